The predicted molar refractivity (Wildman–Crippen MR) is 77.6 cm³/mol. The average molecular weight is 272 g/mol. The second-order valence-electron chi connectivity index (χ2n) is 3.89. The number of nitrogens with one attached hydrogen (secondary N) is 2. The van der Waals surface area contributed by atoms with Gasteiger partial charge in [-0.3, -0.25) is 5.10 Å². The molecule has 0 amide bonds. The van der Waals surface area contributed by atoms with Gasteiger partial charge >= 0.3 is 0 Å². The Morgan fingerprint density at radius 2 is 2.11 bits per heavy atom. The average Bonchev–Trinajstić information content (AvgIpc) is 2.87. The highest BCUT2D eigenvalue weighted by Gasteiger charge is 2.09. The third kappa shape index (κ3) is 2.19. The summed E-state index contributed by atoms with van der Waals surface area (Å²) in [6, 6.07) is 8.01. The number of nitrogen functional groups attached to an aromatic ring is 1. The summed E-state index contributed by atoms with van der Waals surface area (Å²) >= 11 is 1.67. The Morgan fingerprint density at radius 3 is 2.95 bits per heavy atom. The van der Waals surface area contributed by atoms with Crippen LogP contribution in [0.2, 0.25) is 0 Å². The van der Waals surface area contributed by atoms with Crippen molar-refractivity contribution in [2.75, 3.05) is 17.3 Å². The second-order valence-corrected chi connectivity index (χ2v) is 4.74. The zero-order valence-electron chi connectivity index (χ0n) is 10.2. The summed E-state index contributed by atoms with van der Waals surface area (Å²) in [6.45, 7) is 0. The molecule has 0 atom stereocenters. The normalized spacial score (nSPS) is 10.8. The molecule has 1 aromatic carbocycles. The van der Waals surface area contributed by atoms with Gasteiger partial charge in [-0.25, -0.2) is 0 Å². The van der Waals surface area contributed by atoms with Crippen LogP contribution in [0, 0.1) is 0 Å². The molecule has 19 heavy (non-hydrogen) atoms. The summed E-state index contributed by atoms with van der Waals surface area (Å²) in [6.07, 6.45) is 3.71. The summed E-state index contributed by atoms with van der Waals surface area (Å²) in [5.74, 6) is 0.860. The Kier molecular flexibility index (Phi) is 2.96. The molecule has 0 radical (unpaired) electrons. The van der Waals surface area contributed by atoms with E-state index in [1.807, 2.05) is 30.5 Å². The maximum absolute atomic E-state index is 5.69. The van der Waals surface area contributed by atoms with Crippen LogP contribution in [0.1, 0.15) is 0 Å². The molecule has 6 nitrogen and oxygen atoms in total. The van der Waals surface area contributed by atoms with Crippen LogP contribution in [-0.4, -0.2) is 26.4 Å². The maximum Gasteiger partial charge on any atom is 0.224 e. The van der Waals surface area contributed by atoms with Gasteiger partial charge in [0, 0.05) is 4.90 Å². The van der Waals surface area contributed by atoms with E-state index in [9.17, 15) is 0 Å². The fourth-order valence-electron chi connectivity index (χ4n) is 1.82. The van der Waals surface area contributed by atoms with E-state index in [2.05, 4.69) is 25.5 Å². The topological polar surface area (TPSA) is 92.5 Å². The Labute approximate surface area is 113 Å². The fraction of sp³-hybridized carbons (Fsp3) is 0.0833. The molecule has 0 fully saturated rings. The van der Waals surface area contributed by atoms with E-state index in [0.29, 0.717) is 11.5 Å². The van der Waals surface area contributed by atoms with Crippen molar-refractivity contribution >= 4 is 40.2 Å². The minimum Gasteiger partial charge on any atom is -0.368 e. The number of nitrogens with two attached hydrogens (primary N) is 1. The molecule has 0 aliphatic heterocycles. The Hall–Kier alpha value is -2.28. The number of fused-ring (bicyclic) bond motifs is 1. The number of H-pyrrole nitrogens is 1. The number of anilines is 3. The first-order valence-electron chi connectivity index (χ1n) is 5.64. The minimum atomic E-state index is 0.209. The van der Waals surface area contributed by atoms with E-state index >= 15 is 0 Å². The third-order valence-corrected chi connectivity index (χ3v) is 3.48. The number of rotatable bonds is 3. The number of aromatic nitrogens is 4. The van der Waals surface area contributed by atoms with Gasteiger partial charge in [-0.1, -0.05) is 12.1 Å². The minimum absolute atomic E-state index is 0.209. The van der Waals surface area contributed by atoms with Crippen LogP contribution in [0.4, 0.5) is 17.5 Å². The Balaban J connectivity index is 2.07. The summed E-state index contributed by atoms with van der Waals surface area (Å²) in [7, 11) is 0. The van der Waals surface area contributed by atoms with Crippen LogP contribution in [0.25, 0.3) is 11.0 Å². The first-order chi connectivity index (χ1) is 9.28. The molecule has 0 saturated heterocycles. The molecule has 0 unspecified atom stereocenters. The second kappa shape index (κ2) is 4.77. The smallest absolute Gasteiger partial charge is 0.224 e. The number of hydrogen-bond acceptors (Lipinski definition) is 6. The van der Waals surface area contributed by atoms with Gasteiger partial charge in [-0.05, 0) is 18.4 Å². The monoisotopic (exact) mass is 272 g/mol. The van der Waals surface area contributed by atoms with Crippen LogP contribution in [-0.2, 0) is 0 Å². The lowest BCUT2D eigenvalue weighted by molar-refractivity contribution is 1.09. The van der Waals surface area contributed by atoms with Crippen LogP contribution < -0.4 is 11.1 Å². The fourth-order valence-corrected chi connectivity index (χ4v) is 2.38. The lowest BCUT2D eigenvalue weighted by Crippen LogP contribution is -2.01. The zero-order chi connectivity index (χ0) is 13.2. The van der Waals surface area contributed by atoms with Crippen LogP contribution in [0.5, 0.6) is 0 Å². The molecular formula is C12H12N6S. The largest absolute Gasteiger partial charge is 0.368 e. The SMILES string of the molecule is CSc1ccccc1Nc1nc(N)nc2[nH]ncc12. The van der Waals surface area contributed by atoms with Gasteiger partial charge in [0.15, 0.2) is 5.65 Å². The van der Waals surface area contributed by atoms with E-state index in [1.165, 1.54) is 0 Å². The number of nitrogens with zero attached hydrogens (tertiary/aromatic N) is 3. The van der Waals surface area contributed by atoms with Crippen molar-refractivity contribution in [1.29, 1.82) is 0 Å². The molecular weight excluding hydrogens is 260 g/mol. The third-order valence-electron chi connectivity index (χ3n) is 2.69. The number of aromatic amines is 1. The van der Waals surface area contributed by atoms with Crippen molar-refractivity contribution < 1.29 is 0 Å². The lowest BCUT2D eigenvalue weighted by Gasteiger charge is -2.10. The summed E-state index contributed by atoms with van der Waals surface area (Å²) in [4.78, 5) is 9.45. The Morgan fingerprint density at radius 1 is 1.26 bits per heavy atom. The van der Waals surface area contributed by atoms with Crippen molar-refractivity contribution in [3.05, 3.63) is 30.5 Å². The predicted octanol–water partition coefficient (Wildman–Crippen LogP) is 2.40. The van der Waals surface area contributed by atoms with Crippen molar-refractivity contribution in [3.8, 4) is 0 Å². The van der Waals surface area contributed by atoms with Crippen molar-refractivity contribution in [1.82, 2.24) is 20.2 Å². The highest BCUT2D eigenvalue weighted by molar-refractivity contribution is 7.98. The molecule has 3 aromatic rings. The molecule has 3 rings (SSSR count). The maximum atomic E-state index is 5.69. The van der Waals surface area contributed by atoms with Crippen LogP contribution in [0.15, 0.2) is 35.4 Å². The molecule has 2 aromatic heterocycles. The molecule has 0 spiro atoms. The molecule has 7 heteroatoms. The van der Waals surface area contributed by atoms with Crippen molar-refractivity contribution in [3.63, 3.8) is 0 Å². The highest BCUT2D eigenvalue weighted by Crippen LogP contribution is 2.29. The van der Waals surface area contributed by atoms with Crippen molar-refractivity contribution in [2.24, 2.45) is 0 Å². The lowest BCUT2D eigenvalue weighted by atomic mass is 10.3. The van der Waals surface area contributed by atoms with Gasteiger partial charge in [0.05, 0.1) is 17.3 Å². The van der Waals surface area contributed by atoms with E-state index in [4.69, 9.17) is 5.73 Å². The van der Waals surface area contributed by atoms with Gasteiger partial charge in [0.2, 0.25) is 5.95 Å². The van der Waals surface area contributed by atoms with E-state index < -0.39 is 0 Å². The van der Waals surface area contributed by atoms with Crippen LogP contribution in [0.3, 0.4) is 0 Å². The molecule has 0 bridgehead atoms. The van der Waals surface area contributed by atoms with Gasteiger partial charge < -0.3 is 11.1 Å². The zero-order valence-corrected chi connectivity index (χ0v) is 11.0. The standard InChI is InChI=1S/C12H12N6S/c1-19-9-5-3-2-4-8(9)15-10-7-6-14-18-11(7)17-12(13)16-10/h2-6H,1H3,(H4,13,14,15,16,17,18). The van der Waals surface area contributed by atoms with E-state index in [0.717, 1.165) is 16.0 Å². The molecule has 2 heterocycles. The Bertz CT molecular complexity index is 723. The highest BCUT2D eigenvalue weighted by atomic mass is 32.2. The number of hydrogen-bond donors (Lipinski definition) is 3. The molecule has 0 saturated carbocycles. The van der Waals surface area contributed by atoms with Crippen molar-refractivity contribution in [2.45, 2.75) is 4.90 Å². The number of para-hydroxylation sites is 1. The summed E-state index contributed by atoms with van der Waals surface area (Å²) < 4.78 is 0. The number of benzene rings is 1. The summed E-state index contributed by atoms with van der Waals surface area (Å²) in [5.41, 5.74) is 7.30. The van der Waals surface area contributed by atoms with Crippen LogP contribution >= 0.6 is 11.8 Å². The number of thioether (sulfide) groups is 1. The molecule has 96 valence electrons. The first-order valence-corrected chi connectivity index (χ1v) is 6.87. The molecule has 0 aliphatic rings. The van der Waals surface area contributed by atoms with Gasteiger partial charge in [0.25, 0.3) is 0 Å². The van der Waals surface area contributed by atoms with Gasteiger partial charge in [-0.2, -0.15) is 15.1 Å². The van der Waals surface area contributed by atoms with Gasteiger partial charge in [0.1, 0.15) is 5.82 Å². The molecule has 4 N–H and O–H groups in total. The van der Waals surface area contributed by atoms with E-state index in [-0.39, 0.29) is 5.95 Å². The quantitative estimate of drug-likeness (QED) is 0.634. The first kappa shape index (κ1) is 11.8. The summed E-state index contributed by atoms with van der Waals surface area (Å²) in [5, 5.41) is 10.8. The van der Waals surface area contributed by atoms with Gasteiger partial charge in [-0.15, -0.1) is 11.8 Å². The van der Waals surface area contributed by atoms with E-state index in [1.54, 1.807) is 18.0 Å². The molecule has 0 aliphatic carbocycles.